The molecule has 1 fully saturated rings. The minimum Gasteiger partial charge on any atom is -0.378 e. The molecule has 2 rings (SSSR count). The number of rotatable bonds is 2. The molecule has 1 unspecified atom stereocenters. The molecule has 0 radical (unpaired) electrons. The number of nitrogens with zero attached hydrogens (tertiary/aromatic N) is 1. The molecule has 0 saturated carbocycles. The van der Waals surface area contributed by atoms with Gasteiger partial charge in [0, 0.05) is 30.4 Å². The van der Waals surface area contributed by atoms with Gasteiger partial charge < -0.3 is 15.4 Å². The lowest BCUT2D eigenvalue weighted by molar-refractivity contribution is 0.122. The van der Waals surface area contributed by atoms with Crippen LogP contribution in [0.1, 0.15) is 18.5 Å². The van der Waals surface area contributed by atoms with Crippen molar-refractivity contribution in [3.05, 3.63) is 29.6 Å². The van der Waals surface area contributed by atoms with Crippen molar-refractivity contribution in [1.82, 2.24) is 0 Å². The van der Waals surface area contributed by atoms with E-state index in [-0.39, 0.29) is 11.9 Å². The molecule has 0 amide bonds. The Kier molecular flexibility index (Phi) is 3.41. The molecule has 1 saturated heterocycles. The molecule has 1 aliphatic heterocycles. The number of hydrogen-bond acceptors (Lipinski definition) is 3. The smallest absolute Gasteiger partial charge is 0.130 e. The highest BCUT2D eigenvalue weighted by Crippen LogP contribution is 2.22. The Morgan fingerprint density at radius 3 is 2.62 bits per heavy atom. The molecule has 0 aromatic heterocycles. The first-order chi connectivity index (χ1) is 7.68. The third kappa shape index (κ3) is 2.33. The van der Waals surface area contributed by atoms with Crippen LogP contribution < -0.4 is 10.6 Å². The maximum absolute atomic E-state index is 13.7. The van der Waals surface area contributed by atoms with E-state index in [0.29, 0.717) is 18.8 Å². The summed E-state index contributed by atoms with van der Waals surface area (Å²) in [5.41, 5.74) is 7.14. The quantitative estimate of drug-likeness (QED) is 0.830. The molecule has 1 aromatic rings. The topological polar surface area (TPSA) is 38.5 Å². The van der Waals surface area contributed by atoms with Crippen LogP contribution in [0, 0.1) is 5.82 Å². The van der Waals surface area contributed by atoms with Gasteiger partial charge in [-0.25, -0.2) is 4.39 Å². The number of anilines is 1. The summed E-state index contributed by atoms with van der Waals surface area (Å²) in [7, 11) is 0. The van der Waals surface area contributed by atoms with Crippen LogP contribution in [0.4, 0.5) is 10.1 Å². The molecule has 16 heavy (non-hydrogen) atoms. The van der Waals surface area contributed by atoms with E-state index in [2.05, 4.69) is 4.90 Å². The molecule has 1 heterocycles. The Morgan fingerprint density at radius 2 is 2.06 bits per heavy atom. The van der Waals surface area contributed by atoms with Crippen LogP contribution in [-0.4, -0.2) is 26.3 Å². The summed E-state index contributed by atoms with van der Waals surface area (Å²) in [6.07, 6.45) is 0. The molecule has 0 bridgehead atoms. The van der Waals surface area contributed by atoms with Gasteiger partial charge >= 0.3 is 0 Å². The maximum atomic E-state index is 13.7. The lowest BCUT2D eigenvalue weighted by Gasteiger charge is -2.29. The first-order valence-corrected chi connectivity index (χ1v) is 5.56. The van der Waals surface area contributed by atoms with Gasteiger partial charge in [-0.15, -0.1) is 0 Å². The van der Waals surface area contributed by atoms with Crippen molar-refractivity contribution < 1.29 is 9.13 Å². The van der Waals surface area contributed by atoms with E-state index < -0.39 is 0 Å². The van der Waals surface area contributed by atoms with Gasteiger partial charge in [0.2, 0.25) is 0 Å². The zero-order chi connectivity index (χ0) is 11.5. The molecular weight excluding hydrogens is 207 g/mol. The monoisotopic (exact) mass is 224 g/mol. The van der Waals surface area contributed by atoms with Crippen LogP contribution in [0.25, 0.3) is 0 Å². The van der Waals surface area contributed by atoms with Crippen molar-refractivity contribution >= 4 is 5.69 Å². The van der Waals surface area contributed by atoms with E-state index in [4.69, 9.17) is 10.5 Å². The third-order valence-electron chi connectivity index (χ3n) is 2.85. The molecular formula is C12H17FN2O. The molecule has 0 spiro atoms. The molecule has 0 aliphatic carbocycles. The Labute approximate surface area is 95.0 Å². The highest BCUT2D eigenvalue weighted by molar-refractivity contribution is 5.49. The minimum atomic E-state index is -0.265. The van der Waals surface area contributed by atoms with Gasteiger partial charge in [0.25, 0.3) is 0 Å². The van der Waals surface area contributed by atoms with Gasteiger partial charge in [-0.05, 0) is 19.1 Å². The number of morpholine rings is 1. The van der Waals surface area contributed by atoms with Gasteiger partial charge in [0.15, 0.2) is 0 Å². The van der Waals surface area contributed by atoms with E-state index in [9.17, 15) is 4.39 Å². The summed E-state index contributed by atoms with van der Waals surface area (Å²) in [6.45, 7) is 4.83. The standard InChI is InChI=1S/C12H17FN2O/c1-9(14)11-3-2-10(8-12(11)13)15-4-6-16-7-5-15/h2-3,8-9H,4-7,14H2,1H3. The van der Waals surface area contributed by atoms with E-state index in [1.165, 1.54) is 0 Å². The van der Waals surface area contributed by atoms with Crippen molar-refractivity contribution in [2.45, 2.75) is 13.0 Å². The van der Waals surface area contributed by atoms with Crippen LogP contribution in [0.2, 0.25) is 0 Å². The molecule has 88 valence electrons. The SMILES string of the molecule is CC(N)c1ccc(N2CCOCC2)cc1F. The highest BCUT2D eigenvalue weighted by Gasteiger charge is 2.14. The fourth-order valence-electron chi connectivity index (χ4n) is 1.90. The zero-order valence-corrected chi connectivity index (χ0v) is 9.45. The van der Waals surface area contributed by atoms with Crippen molar-refractivity contribution in [3.63, 3.8) is 0 Å². The van der Waals surface area contributed by atoms with Crippen LogP contribution in [0.15, 0.2) is 18.2 Å². The van der Waals surface area contributed by atoms with Gasteiger partial charge in [-0.3, -0.25) is 0 Å². The third-order valence-corrected chi connectivity index (χ3v) is 2.85. The second kappa shape index (κ2) is 4.80. The minimum absolute atomic E-state index is 0.223. The first kappa shape index (κ1) is 11.4. The fraction of sp³-hybridized carbons (Fsp3) is 0.500. The molecule has 3 nitrogen and oxygen atoms in total. The Bertz CT molecular complexity index is 362. The molecule has 2 N–H and O–H groups in total. The number of benzene rings is 1. The summed E-state index contributed by atoms with van der Waals surface area (Å²) in [4.78, 5) is 2.12. The maximum Gasteiger partial charge on any atom is 0.130 e. The van der Waals surface area contributed by atoms with Crippen molar-refractivity contribution in [2.75, 3.05) is 31.2 Å². The Balaban J connectivity index is 2.19. The number of nitrogens with two attached hydrogens (primary N) is 1. The molecule has 4 heteroatoms. The predicted octanol–water partition coefficient (Wildman–Crippen LogP) is 1.68. The molecule has 1 aromatic carbocycles. The normalized spacial score (nSPS) is 18.6. The summed E-state index contributed by atoms with van der Waals surface area (Å²) >= 11 is 0. The zero-order valence-electron chi connectivity index (χ0n) is 9.45. The van der Waals surface area contributed by atoms with E-state index in [0.717, 1.165) is 18.8 Å². The summed E-state index contributed by atoms with van der Waals surface area (Å²) < 4.78 is 19.0. The largest absolute Gasteiger partial charge is 0.378 e. The molecule has 1 atom stereocenters. The van der Waals surface area contributed by atoms with Crippen molar-refractivity contribution in [3.8, 4) is 0 Å². The van der Waals surface area contributed by atoms with Gasteiger partial charge in [-0.2, -0.15) is 0 Å². The number of halogens is 1. The van der Waals surface area contributed by atoms with Gasteiger partial charge in [0.1, 0.15) is 5.82 Å². The van der Waals surface area contributed by atoms with Crippen molar-refractivity contribution in [2.24, 2.45) is 5.73 Å². The van der Waals surface area contributed by atoms with Crippen LogP contribution in [-0.2, 0) is 4.74 Å². The summed E-state index contributed by atoms with van der Waals surface area (Å²) in [5, 5.41) is 0. The van der Waals surface area contributed by atoms with E-state index in [1.54, 1.807) is 19.1 Å². The van der Waals surface area contributed by atoms with Crippen LogP contribution in [0.5, 0.6) is 0 Å². The van der Waals surface area contributed by atoms with Gasteiger partial charge in [0.05, 0.1) is 13.2 Å². The molecule has 1 aliphatic rings. The van der Waals surface area contributed by atoms with Gasteiger partial charge in [-0.1, -0.05) is 6.07 Å². The van der Waals surface area contributed by atoms with E-state index in [1.807, 2.05) is 6.07 Å². The fourth-order valence-corrected chi connectivity index (χ4v) is 1.90. The lowest BCUT2D eigenvalue weighted by atomic mass is 10.1. The predicted molar refractivity (Wildman–Crippen MR) is 62.0 cm³/mol. The average molecular weight is 224 g/mol. The first-order valence-electron chi connectivity index (χ1n) is 5.56. The average Bonchev–Trinajstić information content (AvgIpc) is 2.29. The summed E-state index contributed by atoms with van der Waals surface area (Å²) in [6, 6.07) is 4.99. The van der Waals surface area contributed by atoms with E-state index >= 15 is 0 Å². The van der Waals surface area contributed by atoms with Crippen LogP contribution in [0.3, 0.4) is 0 Å². The van der Waals surface area contributed by atoms with Crippen molar-refractivity contribution in [1.29, 1.82) is 0 Å². The second-order valence-corrected chi connectivity index (χ2v) is 4.09. The lowest BCUT2D eigenvalue weighted by Crippen LogP contribution is -2.36. The Hall–Kier alpha value is -1.13. The summed E-state index contributed by atoms with van der Waals surface area (Å²) in [5.74, 6) is -0.223. The highest BCUT2D eigenvalue weighted by atomic mass is 19.1. The second-order valence-electron chi connectivity index (χ2n) is 4.09. The Morgan fingerprint density at radius 1 is 1.38 bits per heavy atom. The number of hydrogen-bond donors (Lipinski definition) is 1. The van der Waals surface area contributed by atoms with Crippen LogP contribution >= 0.6 is 0 Å². The number of ether oxygens (including phenoxy) is 1.